The molecule has 3 amide bonds. The summed E-state index contributed by atoms with van der Waals surface area (Å²) in [5.41, 5.74) is 4.61. The van der Waals surface area contributed by atoms with Crippen LogP contribution in [0.5, 0.6) is 0 Å². The summed E-state index contributed by atoms with van der Waals surface area (Å²) in [6, 6.07) is 10.6. The molecule has 1 unspecified atom stereocenters. The molecule has 7 heteroatoms. The first-order valence-electron chi connectivity index (χ1n) is 11.9. The van der Waals surface area contributed by atoms with Gasteiger partial charge < -0.3 is 4.90 Å². The van der Waals surface area contributed by atoms with Crippen molar-refractivity contribution in [3.8, 4) is 11.3 Å². The maximum absolute atomic E-state index is 12.9. The molecule has 172 valence electrons. The van der Waals surface area contributed by atoms with Crippen LogP contribution in [-0.4, -0.2) is 50.6 Å². The van der Waals surface area contributed by atoms with E-state index in [1.54, 1.807) is 4.90 Å². The Morgan fingerprint density at radius 3 is 2.58 bits per heavy atom. The van der Waals surface area contributed by atoms with Gasteiger partial charge in [0.1, 0.15) is 6.04 Å². The van der Waals surface area contributed by atoms with E-state index in [4.69, 9.17) is 0 Å². The van der Waals surface area contributed by atoms with E-state index in [0.29, 0.717) is 30.6 Å². The van der Waals surface area contributed by atoms with Gasteiger partial charge in [-0.25, -0.2) is 0 Å². The van der Waals surface area contributed by atoms with Crippen LogP contribution in [0, 0.1) is 0 Å². The Balaban J connectivity index is 1.36. The summed E-state index contributed by atoms with van der Waals surface area (Å²) < 4.78 is 0. The van der Waals surface area contributed by atoms with E-state index in [0.717, 1.165) is 23.4 Å². The Hall–Kier alpha value is -3.06. The molecular weight excluding hydrogens is 416 g/mol. The second-order valence-electron chi connectivity index (χ2n) is 9.62. The first-order chi connectivity index (χ1) is 15.9. The minimum absolute atomic E-state index is 0.152. The molecule has 3 atom stereocenters. The van der Waals surface area contributed by atoms with Crippen molar-refractivity contribution in [1.82, 2.24) is 20.1 Å². The highest BCUT2D eigenvalue weighted by Crippen LogP contribution is 2.31. The molecule has 0 bridgehead atoms. The maximum Gasteiger partial charge on any atom is 0.255 e. The SMILES string of the molecule is C[C@@H]1CCC[C@H](C)N1Cc1ccnc(-c2ccc3c(c2)CN(C2CCC(=O)NC2=O)C3=O)c1. The van der Waals surface area contributed by atoms with Crippen LogP contribution in [0.25, 0.3) is 11.3 Å². The second-order valence-corrected chi connectivity index (χ2v) is 9.62. The fourth-order valence-electron chi connectivity index (χ4n) is 5.46. The Morgan fingerprint density at radius 1 is 1.03 bits per heavy atom. The first kappa shape index (κ1) is 21.8. The van der Waals surface area contributed by atoms with Gasteiger partial charge >= 0.3 is 0 Å². The van der Waals surface area contributed by atoms with E-state index in [2.05, 4.69) is 41.2 Å². The van der Waals surface area contributed by atoms with Gasteiger partial charge in [0.25, 0.3) is 5.91 Å². The normalized spacial score (nSPS) is 25.8. The number of amides is 3. The number of piperidine rings is 2. The smallest absolute Gasteiger partial charge is 0.255 e. The predicted octanol–water partition coefficient (Wildman–Crippen LogP) is 3.27. The number of pyridine rings is 1. The van der Waals surface area contributed by atoms with Gasteiger partial charge in [0.05, 0.1) is 5.69 Å². The van der Waals surface area contributed by atoms with E-state index in [1.165, 1.54) is 24.8 Å². The molecule has 2 saturated heterocycles. The van der Waals surface area contributed by atoms with Crippen molar-refractivity contribution in [2.45, 2.75) is 77.2 Å². The Labute approximate surface area is 194 Å². The van der Waals surface area contributed by atoms with Gasteiger partial charge in [0.2, 0.25) is 11.8 Å². The molecule has 1 N–H and O–H groups in total. The molecule has 4 heterocycles. The molecule has 1 aromatic heterocycles. The number of benzene rings is 1. The summed E-state index contributed by atoms with van der Waals surface area (Å²) in [5.74, 6) is -0.814. The average Bonchev–Trinajstić information content (AvgIpc) is 3.12. The predicted molar refractivity (Wildman–Crippen MR) is 124 cm³/mol. The third kappa shape index (κ3) is 4.17. The number of rotatable bonds is 4. The zero-order chi connectivity index (χ0) is 23.1. The van der Waals surface area contributed by atoms with Crippen LogP contribution in [-0.2, 0) is 22.7 Å². The van der Waals surface area contributed by atoms with Crippen molar-refractivity contribution in [1.29, 1.82) is 0 Å². The topological polar surface area (TPSA) is 82.6 Å². The maximum atomic E-state index is 12.9. The summed E-state index contributed by atoms with van der Waals surface area (Å²) in [4.78, 5) is 45.5. The number of carbonyl (C=O) groups is 3. The number of nitrogens with zero attached hydrogens (tertiary/aromatic N) is 3. The van der Waals surface area contributed by atoms with Crippen LogP contribution >= 0.6 is 0 Å². The minimum atomic E-state index is -0.596. The fraction of sp³-hybridized carbons (Fsp3) is 0.462. The van der Waals surface area contributed by atoms with Crippen LogP contribution in [0.4, 0.5) is 0 Å². The lowest BCUT2D eigenvalue weighted by Crippen LogP contribution is -2.52. The Morgan fingerprint density at radius 2 is 1.82 bits per heavy atom. The van der Waals surface area contributed by atoms with Crippen molar-refractivity contribution >= 4 is 17.7 Å². The molecule has 0 saturated carbocycles. The van der Waals surface area contributed by atoms with Gasteiger partial charge in [-0.3, -0.25) is 29.6 Å². The molecule has 2 fully saturated rings. The number of hydrogen-bond donors (Lipinski definition) is 1. The zero-order valence-electron chi connectivity index (χ0n) is 19.2. The first-order valence-corrected chi connectivity index (χ1v) is 11.9. The highest BCUT2D eigenvalue weighted by Gasteiger charge is 2.39. The Kier molecular flexibility index (Phi) is 5.74. The molecule has 5 rings (SSSR count). The van der Waals surface area contributed by atoms with E-state index in [1.807, 2.05) is 24.4 Å². The highest BCUT2D eigenvalue weighted by molar-refractivity contribution is 6.05. The van der Waals surface area contributed by atoms with Crippen LogP contribution in [0.3, 0.4) is 0 Å². The van der Waals surface area contributed by atoms with Crippen molar-refractivity contribution in [2.24, 2.45) is 0 Å². The molecule has 2 aromatic rings. The molecule has 7 nitrogen and oxygen atoms in total. The van der Waals surface area contributed by atoms with Crippen molar-refractivity contribution in [2.75, 3.05) is 0 Å². The number of likely N-dealkylation sites (tertiary alicyclic amines) is 1. The monoisotopic (exact) mass is 446 g/mol. The molecule has 0 spiro atoms. The zero-order valence-corrected chi connectivity index (χ0v) is 19.2. The molecule has 0 radical (unpaired) electrons. The summed E-state index contributed by atoms with van der Waals surface area (Å²) in [7, 11) is 0. The fourth-order valence-corrected chi connectivity index (χ4v) is 5.46. The number of nitrogens with one attached hydrogen (secondary N) is 1. The van der Waals surface area contributed by atoms with E-state index in [9.17, 15) is 14.4 Å². The number of carbonyl (C=O) groups excluding carboxylic acids is 3. The molecular formula is C26H30N4O3. The lowest BCUT2D eigenvalue weighted by atomic mass is 9.96. The van der Waals surface area contributed by atoms with Gasteiger partial charge in [0.15, 0.2) is 0 Å². The lowest BCUT2D eigenvalue weighted by molar-refractivity contribution is -0.136. The molecule has 3 aliphatic heterocycles. The van der Waals surface area contributed by atoms with Crippen LogP contribution < -0.4 is 5.32 Å². The van der Waals surface area contributed by atoms with Gasteiger partial charge in [0, 0.05) is 48.9 Å². The van der Waals surface area contributed by atoms with Crippen molar-refractivity contribution in [3.63, 3.8) is 0 Å². The molecule has 33 heavy (non-hydrogen) atoms. The van der Waals surface area contributed by atoms with Gasteiger partial charge in [-0.1, -0.05) is 12.5 Å². The third-order valence-electron chi connectivity index (χ3n) is 7.38. The van der Waals surface area contributed by atoms with E-state index in [-0.39, 0.29) is 24.1 Å². The van der Waals surface area contributed by atoms with Gasteiger partial charge in [-0.05, 0) is 68.5 Å². The van der Waals surface area contributed by atoms with E-state index < -0.39 is 6.04 Å². The van der Waals surface area contributed by atoms with Gasteiger partial charge in [-0.15, -0.1) is 0 Å². The number of hydrogen-bond acceptors (Lipinski definition) is 5. The largest absolute Gasteiger partial charge is 0.322 e. The van der Waals surface area contributed by atoms with Crippen molar-refractivity contribution in [3.05, 3.63) is 53.2 Å². The van der Waals surface area contributed by atoms with Crippen LogP contribution in [0.2, 0.25) is 0 Å². The second kappa shape index (κ2) is 8.71. The van der Waals surface area contributed by atoms with Gasteiger partial charge in [-0.2, -0.15) is 0 Å². The quantitative estimate of drug-likeness (QED) is 0.729. The molecule has 3 aliphatic rings. The van der Waals surface area contributed by atoms with E-state index >= 15 is 0 Å². The van der Waals surface area contributed by atoms with Crippen molar-refractivity contribution < 1.29 is 14.4 Å². The summed E-state index contributed by atoms with van der Waals surface area (Å²) in [6.45, 7) is 5.90. The van der Waals surface area contributed by atoms with Crippen LogP contribution in [0.15, 0.2) is 36.5 Å². The summed E-state index contributed by atoms with van der Waals surface area (Å²) >= 11 is 0. The Bertz CT molecular complexity index is 1100. The average molecular weight is 447 g/mol. The van der Waals surface area contributed by atoms with Crippen LogP contribution in [0.1, 0.15) is 67.4 Å². The standard InChI is InChI=1S/C26H30N4O3/c1-16-4-3-5-17(2)29(16)14-18-10-11-27-22(12-18)19-6-7-21-20(13-19)15-30(26(21)33)23-8-9-24(31)28-25(23)32/h6-7,10-13,16-17,23H,3-5,8-9,14-15H2,1-2H3,(H,28,31,32)/t16-,17+,23?. The third-order valence-corrected chi connectivity index (χ3v) is 7.38. The minimum Gasteiger partial charge on any atom is -0.322 e. The lowest BCUT2D eigenvalue weighted by Gasteiger charge is -2.39. The number of imide groups is 1. The summed E-state index contributed by atoms with van der Waals surface area (Å²) in [5, 5.41) is 2.35. The number of aromatic nitrogens is 1. The summed E-state index contributed by atoms with van der Waals surface area (Å²) in [6.07, 6.45) is 6.26. The highest BCUT2D eigenvalue weighted by atomic mass is 16.2. The molecule has 1 aromatic carbocycles. The number of fused-ring (bicyclic) bond motifs is 1. The molecule has 0 aliphatic carbocycles.